The van der Waals surface area contributed by atoms with Gasteiger partial charge in [-0.25, -0.2) is 0 Å². The van der Waals surface area contributed by atoms with Crippen LogP contribution in [0.2, 0.25) is 0 Å². The first-order chi connectivity index (χ1) is 6.18. The van der Waals surface area contributed by atoms with E-state index >= 15 is 0 Å². The van der Waals surface area contributed by atoms with E-state index in [2.05, 4.69) is 24.1 Å². The van der Waals surface area contributed by atoms with Crippen molar-refractivity contribution in [3.05, 3.63) is 24.0 Å². The molecule has 0 aliphatic heterocycles. The van der Waals surface area contributed by atoms with E-state index < -0.39 is 0 Å². The Balaban J connectivity index is 2.37. The van der Waals surface area contributed by atoms with Gasteiger partial charge in [0.2, 0.25) is 0 Å². The normalized spacial score (nSPS) is 10.7. The number of aromatic nitrogens is 1. The molecule has 1 heterocycles. The quantitative estimate of drug-likeness (QED) is 0.734. The highest BCUT2D eigenvalue weighted by atomic mass is 14.9. The molecule has 1 aromatic heterocycles. The second-order valence-corrected chi connectivity index (χ2v) is 3.61. The van der Waals surface area contributed by atoms with Crippen molar-refractivity contribution in [3.63, 3.8) is 0 Å². The van der Waals surface area contributed by atoms with Crippen LogP contribution in [0.15, 0.2) is 18.3 Å². The van der Waals surface area contributed by atoms with Gasteiger partial charge in [-0.3, -0.25) is 4.98 Å². The second-order valence-electron chi connectivity index (χ2n) is 3.61. The molecule has 0 aromatic carbocycles. The Morgan fingerprint density at radius 3 is 2.92 bits per heavy atom. The molecule has 0 amide bonds. The van der Waals surface area contributed by atoms with Crippen LogP contribution in [0, 0.1) is 5.92 Å². The molecule has 1 rings (SSSR count). The third-order valence-corrected chi connectivity index (χ3v) is 1.70. The SMILES string of the molecule is CC(C)CNCc1cc(N)ccn1. The van der Waals surface area contributed by atoms with Crippen LogP contribution in [0.25, 0.3) is 0 Å². The molecule has 0 saturated carbocycles. The highest BCUT2D eigenvalue weighted by Crippen LogP contribution is 2.02. The van der Waals surface area contributed by atoms with Crippen molar-refractivity contribution in [2.75, 3.05) is 12.3 Å². The lowest BCUT2D eigenvalue weighted by Gasteiger charge is -2.06. The summed E-state index contributed by atoms with van der Waals surface area (Å²) >= 11 is 0. The van der Waals surface area contributed by atoms with E-state index in [1.807, 2.05) is 6.07 Å². The minimum Gasteiger partial charge on any atom is -0.399 e. The van der Waals surface area contributed by atoms with Gasteiger partial charge >= 0.3 is 0 Å². The maximum absolute atomic E-state index is 5.62. The minimum absolute atomic E-state index is 0.668. The summed E-state index contributed by atoms with van der Waals surface area (Å²) in [7, 11) is 0. The molecule has 0 saturated heterocycles. The van der Waals surface area contributed by atoms with Gasteiger partial charge in [0.1, 0.15) is 0 Å². The zero-order valence-electron chi connectivity index (χ0n) is 8.25. The Kier molecular flexibility index (Phi) is 3.71. The van der Waals surface area contributed by atoms with Crippen LogP contribution >= 0.6 is 0 Å². The van der Waals surface area contributed by atoms with E-state index in [9.17, 15) is 0 Å². The third-order valence-electron chi connectivity index (χ3n) is 1.70. The molecule has 3 heteroatoms. The Morgan fingerprint density at radius 1 is 1.54 bits per heavy atom. The molecule has 1 aromatic rings. The molecule has 72 valence electrons. The van der Waals surface area contributed by atoms with Crippen molar-refractivity contribution >= 4 is 5.69 Å². The molecule has 3 N–H and O–H groups in total. The molecule has 0 bridgehead atoms. The molecule has 13 heavy (non-hydrogen) atoms. The number of nitrogens with two attached hydrogens (primary N) is 1. The fourth-order valence-electron chi connectivity index (χ4n) is 1.08. The Bertz CT molecular complexity index is 258. The van der Waals surface area contributed by atoms with Crippen molar-refractivity contribution in [1.82, 2.24) is 10.3 Å². The first-order valence-corrected chi connectivity index (χ1v) is 4.59. The fraction of sp³-hybridized carbons (Fsp3) is 0.500. The highest BCUT2D eigenvalue weighted by molar-refractivity contribution is 5.37. The van der Waals surface area contributed by atoms with E-state index in [4.69, 9.17) is 5.73 Å². The zero-order valence-corrected chi connectivity index (χ0v) is 8.25. The van der Waals surface area contributed by atoms with Gasteiger partial charge < -0.3 is 11.1 Å². The maximum atomic E-state index is 5.62. The topological polar surface area (TPSA) is 50.9 Å². The van der Waals surface area contributed by atoms with Gasteiger partial charge in [0.15, 0.2) is 0 Å². The number of pyridine rings is 1. The van der Waals surface area contributed by atoms with E-state index in [1.165, 1.54) is 0 Å². The number of hydrogen-bond donors (Lipinski definition) is 2. The standard InChI is InChI=1S/C10H17N3/c1-8(2)6-12-7-10-5-9(11)3-4-13-10/h3-5,8,12H,6-7H2,1-2H3,(H2,11,13). The smallest absolute Gasteiger partial charge is 0.0562 e. The van der Waals surface area contributed by atoms with E-state index in [-0.39, 0.29) is 0 Å². The summed E-state index contributed by atoms with van der Waals surface area (Å²) in [5.74, 6) is 0.668. The van der Waals surface area contributed by atoms with Crippen LogP contribution in [0.4, 0.5) is 5.69 Å². The molecule has 3 nitrogen and oxygen atoms in total. The van der Waals surface area contributed by atoms with E-state index in [0.717, 1.165) is 24.5 Å². The summed E-state index contributed by atoms with van der Waals surface area (Å²) < 4.78 is 0. The Morgan fingerprint density at radius 2 is 2.31 bits per heavy atom. The van der Waals surface area contributed by atoms with Gasteiger partial charge in [0.25, 0.3) is 0 Å². The van der Waals surface area contributed by atoms with Crippen LogP contribution < -0.4 is 11.1 Å². The number of rotatable bonds is 4. The average molecular weight is 179 g/mol. The van der Waals surface area contributed by atoms with E-state index in [0.29, 0.717) is 5.92 Å². The summed E-state index contributed by atoms with van der Waals surface area (Å²) in [5, 5.41) is 3.31. The monoisotopic (exact) mass is 179 g/mol. The van der Waals surface area contributed by atoms with Crippen LogP contribution in [0.1, 0.15) is 19.5 Å². The molecule has 0 spiro atoms. The summed E-state index contributed by atoms with van der Waals surface area (Å²) in [6, 6.07) is 3.69. The van der Waals surface area contributed by atoms with Gasteiger partial charge in [-0.15, -0.1) is 0 Å². The summed E-state index contributed by atoms with van der Waals surface area (Å²) in [5.41, 5.74) is 7.40. The zero-order chi connectivity index (χ0) is 9.68. The lowest BCUT2D eigenvalue weighted by Crippen LogP contribution is -2.19. The third kappa shape index (κ3) is 3.90. The molecule has 0 atom stereocenters. The second kappa shape index (κ2) is 4.82. The number of hydrogen-bond acceptors (Lipinski definition) is 3. The maximum Gasteiger partial charge on any atom is 0.0562 e. The summed E-state index contributed by atoms with van der Waals surface area (Å²) in [4.78, 5) is 4.19. The Hall–Kier alpha value is -1.09. The molecule has 0 fully saturated rings. The average Bonchev–Trinajstić information content (AvgIpc) is 2.03. The molecule has 0 aliphatic carbocycles. The van der Waals surface area contributed by atoms with Gasteiger partial charge in [-0.2, -0.15) is 0 Å². The highest BCUT2D eigenvalue weighted by Gasteiger charge is 1.96. The first-order valence-electron chi connectivity index (χ1n) is 4.59. The van der Waals surface area contributed by atoms with Crippen molar-refractivity contribution in [3.8, 4) is 0 Å². The van der Waals surface area contributed by atoms with Crippen LogP contribution in [-0.4, -0.2) is 11.5 Å². The van der Waals surface area contributed by atoms with Gasteiger partial charge in [0, 0.05) is 18.4 Å². The molecule has 0 unspecified atom stereocenters. The van der Waals surface area contributed by atoms with Crippen LogP contribution in [0.3, 0.4) is 0 Å². The van der Waals surface area contributed by atoms with Crippen LogP contribution in [0.5, 0.6) is 0 Å². The predicted octanol–water partition coefficient (Wildman–Crippen LogP) is 1.41. The van der Waals surface area contributed by atoms with Crippen LogP contribution in [-0.2, 0) is 6.54 Å². The van der Waals surface area contributed by atoms with Gasteiger partial charge in [0.05, 0.1) is 5.69 Å². The molecule has 0 aliphatic rings. The summed E-state index contributed by atoms with van der Waals surface area (Å²) in [6.07, 6.45) is 1.74. The lowest BCUT2D eigenvalue weighted by atomic mass is 10.2. The van der Waals surface area contributed by atoms with Crippen molar-refractivity contribution in [2.45, 2.75) is 20.4 Å². The van der Waals surface area contributed by atoms with Crippen molar-refractivity contribution < 1.29 is 0 Å². The molecular weight excluding hydrogens is 162 g/mol. The number of nitrogen functional groups attached to an aromatic ring is 1. The number of nitrogens with zero attached hydrogens (tertiary/aromatic N) is 1. The van der Waals surface area contributed by atoms with Crippen molar-refractivity contribution in [2.24, 2.45) is 5.92 Å². The molecule has 0 radical (unpaired) electrons. The lowest BCUT2D eigenvalue weighted by molar-refractivity contribution is 0.548. The first kappa shape index (κ1) is 9.99. The summed E-state index contributed by atoms with van der Waals surface area (Å²) in [6.45, 7) is 6.17. The van der Waals surface area contributed by atoms with Crippen molar-refractivity contribution in [1.29, 1.82) is 0 Å². The predicted molar refractivity (Wildman–Crippen MR) is 55.2 cm³/mol. The number of anilines is 1. The Labute approximate surface area is 79.4 Å². The largest absolute Gasteiger partial charge is 0.399 e. The molecular formula is C10H17N3. The van der Waals surface area contributed by atoms with Gasteiger partial charge in [-0.05, 0) is 24.6 Å². The van der Waals surface area contributed by atoms with Gasteiger partial charge in [-0.1, -0.05) is 13.8 Å². The van der Waals surface area contributed by atoms with E-state index in [1.54, 1.807) is 12.3 Å². The minimum atomic E-state index is 0.668. The number of nitrogens with one attached hydrogen (secondary N) is 1. The fourth-order valence-corrected chi connectivity index (χ4v) is 1.08.